The van der Waals surface area contributed by atoms with E-state index >= 15 is 0 Å². The molecule has 1 fully saturated rings. The highest BCUT2D eigenvalue weighted by Crippen LogP contribution is 2.24. The summed E-state index contributed by atoms with van der Waals surface area (Å²) in [7, 11) is -2.14. The Labute approximate surface area is 145 Å². The fourth-order valence-corrected chi connectivity index (χ4v) is 4.01. The molecule has 1 aliphatic rings. The smallest absolute Gasteiger partial charge is 0.243 e. The lowest BCUT2D eigenvalue weighted by molar-refractivity contribution is 0.203. The molecule has 1 aromatic heterocycles. The highest BCUT2D eigenvalue weighted by Gasteiger charge is 2.33. The van der Waals surface area contributed by atoms with Crippen molar-refractivity contribution in [3.8, 4) is 17.8 Å². The third-order valence-electron chi connectivity index (χ3n) is 3.82. The van der Waals surface area contributed by atoms with Crippen LogP contribution in [-0.2, 0) is 10.0 Å². The normalized spacial score (nSPS) is 17.8. The minimum Gasteiger partial charge on any atom is -0.480 e. The molecule has 0 amide bonds. The monoisotopic (exact) mass is 360 g/mol. The van der Waals surface area contributed by atoms with E-state index < -0.39 is 10.0 Å². The summed E-state index contributed by atoms with van der Waals surface area (Å²) >= 11 is 0. The second-order valence-corrected chi connectivity index (χ2v) is 7.37. The third-order valence-corrected chi connectivity index (χ3v) is 5.70. The van der Waals surface area contributed by atoms with Gasteiger partial charge in [0.1, 0.15) is 6.10 Å². The van der Waals surface area contributed by atoms with Crippen LogP contribution in [0.3, 0.4) is 0 Å². The fraction of sp³-hybridized carbons (Fsp3) is 0.312. The SMILES string of the molecule is COc1cncc(OC2CCN(S(=O)(=O)c3ccc(C#N)cc3)C2)n1. The van der Waals surface area contributed by atoms with E-state index in [9.17, 15) is 8.42 Å². The molecule has 0 saturated carbocycles. The number of rotatable bonds is 5. The first kappa shape index (κ1) is 17.1. The maximum Gasteiger partial charge on any atom is 0.243 e. The molecule has 8 nitrogen and oxygen atoms in total. The summed E-state index contributed by atoms with van der Waals surface area (Å²) in [4.78, 5) is 8.23. The van der Waals surface area contributed by atoms with Crippen LogP contribution >= 0.6 is 0 Å². The molecule has 0 radical (unpaired) electrons. The number of nitrogens with zero attached hydrogens (tertiary/aromatic N) is 4. The van der Waals surface area contributed by atoms with Crippen LogP contribution in [0.4, 0.5) is 0 Å². The number of benzene rings is 1. The molecule has 130 valence electrons. The van der Waals surface area contributed by atoms with E-state index in [0.29, 0.717) is 30.3 Å². The molecular weight excluding hydrogens is 344 g/mol. The molecule has 0 aliphatic carbocycles. The Kier molecular flexibility index (Phi) is 4.83. The number of ether oxygens (including phenoxy) is 2. The summed E-state index contributed by atoms with van der Waals surface area (Å²) in [6.45, 7) is 0.575. The van der Waals surface area contributed by atoms with E-state index in [4.69, 9.17) is 14.7 Å². The van der Waals surface area contributed by atoms with E-state index in [-0.39, 0.29) is 17.5 Å². The molecule has 1 aromatic carbocycles. The highest BCUT2D eigenvalue weighted by molar-refractivity contribution is 7.89. The van der Waals surface area contributed by atoms with E-state index in [0.717, 1.165) is 0 Å². The Morgan fingerprint density at radius 3 is 2.64 bits per heavy atom. The predicted octanol–water partition coefficient (Wildman–Crippen LogP) is 1.20. The van der Waals surface area contributed by atoms with Gasteiger partial charge in [0.25, 0.3) is 0 Å². The second-order valence-electron chi connectivity index (χ2n) is 5.43. The molecule has 25 heavy (non-hydrogen) atoms. The molecule has 1 saturated heterocycles. The molecule has 3 rings (SSSR count). The lowest BCUT2D eigenvalue weighted by Crippen LogP contribution is -2.31. The van der Waals surface area contributed by atoms with Crippen molar-refractivity contribution in [1.29, 1.82) is 5.26 Å². The number of nitriles is 1. The molecule has 2 heterocycles. The van der Waals surface area contributed by atoms with Gasteiger partial charge in [0, 0.05) is 6.54 Å². The Balaban J connectivity index is 1.69. The molecule has 1 aliphatic heterocycles. The van der Waals surface area contributed by atoms with Crippen LogP contribution < -0.4 is 9.47 Å². The summed E-state index contributed by atoms with van der Waals surface area (Å²) in [6, 6.07) is 7.83. The summed E-state index contributed by atoms with van der Waals surface area (Å²) < 4.78 is 37.4. The van der Waals surface area contributed by atoms with Crippen LogP contribution in [0.1, 0.15) is 12.0 Å². The second kappa shape index (κ2) is 7.04. The largest absolute Gasteiger partial charge is 0.480 e. The number of sulfonamides is 1. The van der Waals surface area contributed by atoms with Gasteiger partial charge in [-0.15, -0.1) is 0 Å². The number of aromatic nitrogens is 2. The van der Waals surface area contributed by atoms with Crippen LogP contribution in [0.2, 0.25) is 0 Å². The van der Waals surface area contributed by atoms with Gasteiger partial charge in [-0.25, -0.2) is 8.42 Å². The van der Waals surface area contributed by atoms with Crippen molar-refractivity contribution in [3.05, 3.63) is 42.2 Å². The summed E-state index contributed by atoms with van der Waals surface area (Å²) in [6.07, 6.45) is 3.16. The lowest BCUT2D eigenvalue weighted by atomic mass is 10.2. The maximum atomic E-state index is 12.7. The maximum absolute atomic E-state index is 12.7. The van der Waals surface area contributed by atoms with Gasteiger partial charge in [-0.3, -0.25) is 4.98 Å². The van der Waals surface area contributed by atoms with Gasteiger partial charge in [0.05, 0.1) is 42.6 Å². The summed E-state index contributed by atoms with van der Waals surface area (Å²) in [5, 5.41) is 8.81. The topological polar surface area (TPSA) is 105 Å². The Morgan fingerprint density at radius 2 is 1.96 bits per heavy atom. The van der Waals surface area contributed by atoms with Crippen molar-refractivity contribution < 1.29 is 17.9 Å². The quantitative estimate of drug-likeness (QED) is 0.789. The molecule has 1 unspecified atom stereocenters. The van der Waals surface area contributed by atoms with E-state index in [1.54, 1.807) is 0 Å². The Hall–Kier alpha value is -2.70. The Morgan fingerprint density at radius 1 is 1.24 bits per heavy atom. The minimum atomic E-state index is -3.62. The first-order chi connectivity index (χ1) is 12.0. The predicted molar refractivity (Wildman–Crippen MR) is 87.5 cm³/mol. The molecular formula is C16H16N4O4S. The standard InChI is InChI=1S/C16H16N4O4S/c1-23-15-9-18-10-16(19-15)24-13-6-7-20(11-13)25(21,22)14-4-2-12(8-17)3-5-14/h2-5,9-10,13H,6-7,11H2,1H3. The van der Waals surface area contributed by atoms with E-state index in [2.05, 4.69) is 9.97 Å². The summed E-state index contributed by atoms with van der Waals surface area (Å²) in [5.41, 5.74) is 0.415. The molecule has 0 N–H and O–H groups in total. The first-order valence-corrected chi connectivity index (χ1v) is 9.00. The van der Waals surface area contributed by atoms with Crippen LogP contribution in [0, 0.1) is 11.3 Å². The van der Waals surface area contributed by atoms with Crippen molar-refractivity contribution in [2.75, 3.05) is 20.2 Å². The average molecular weight is 360 g/mol. The van der Waals surface area contributed by atoms with Gasteiger partial charge in [-0.05, 0) is 30.7 Å². The zero-order valence-corrected chi connectivity index (χ0v) is 14.3. The van der Waals surface area contributed by atoms with Gasteiger partial charge in [-0.2, -0.15) is 14.6 Å². The fourth-order valence-electron chi connectivity index (χ4n) is 2.52. The zero-order chi connectivity index (χ0) is 17.9. The van der Waals surface area contributed by atoms with Crippen molar-refractivity contribution in [1.82, 2.24) is 14.3 Å². The van der Waals surface area contributed by atoms with Crippen molar-refractivity contribution >= 4 is 10.0 Å². The molecule has 0 bridgehead atoms. The van der Waals surface area contributed by atoms with Crippen molar-refractivity contribution in [2.24, 2.45) is 0 Å². The number of hydrogen-bond donors (Lipinski definition) is 0. The molecule has 0 spiro atoms. The average Bonchev–Trinajstić information content (AvgIpc) is 3.11. The van der Waals surface area contributed by atoms with Crippen LogP contribution in [0.25, 0.3) is 0 Å². The van der Waals surface area contributed by atoms with E-state index in [1.165, 1.54) is 48.1 Å². The molecule has 9 heteroatoms. The van der Waals surface area contributed by atoms with Crippen LogP contribution in [0.5, 0.6) is 11.8 Å². The molecule has 2 aromatic rings. The lowest BCUT2D eigenvalue weighted by Gasteiger charge is -2.17. The van der Waals surface area contributed by atoms with Crippen molar-refractivity contribution in [3.63, 3.8) is 0 Å². The number of hydrogen-bond acceptors (Lipinski definition) is 7. The zero-order valence-electron chi connectivity index (χ0n) is 13.5. The van der Waals surface area contributed by atoms with Gasteiger partial charge in [0.15, 0.2) is 0 Å². The van der Waals surface area contributed by atoms with Gasteiger partial charge >= 0.3 is 0 Å². The number of methoxy groups -OCH3 is 1. The van der Waals surface area contributed by atoms with E-state index in [1.807, 2.05) is 6.07 Å². The molecule has 1 atom stereocenters. The van der Waals surface area contributed by atoms with Crippen LogP contribution in [0.15, 0.2) is 41.6 Å². The summed E-state index contributed by atoms with van der Waals surface area (Å²) in [5.74, 6) is 0.625. The van der Waals surface area contributed by atoms with Crippen molar-refractivity contribution in [2.45, 2.75) is 17.4 Å². The van der Waals surface area contributed by atoms with Gasteiger partial charge in [0.2, 0.25) is 21.8 Å². The van der Waals surface area contributed by atoms with Crippen LogP contribution in [-0.4, -0.2) is 49.0 Å². The first-order valence-electron chi connectivity index (χ1n) is 7.56. The Bertz CT molecular complexity index is 893. The van der Waals surface area contributed by atoms with Gasteiger partial charge in [-0.1, -0.05) is 0 Å². The minimum absolute atomic E-state index is 0.160. The highest BCUT2D eigenvalue weighted by atomic mass is 32.2. The third kappa shape index (κ3) is 3.70. The van der Waals surface area contributed by atoms with Gasteiger partial charge < -0.3 is 9.47 Å².